The lowest BCUT2D eigenvalue weighted by atomic mass is 10.0. The monoisotopic (exact) mass is 579 g/mol. The lowest BCUT2D eigenvalue weighted by Crippen LogP contribution is -2.38. The fourth-order valence-electron chi connectivity index (χ4n) is 5.01. The van der Waals surface area contributed by atoms with E-state index in [1.165, 1.54) is 13.2 Å². The Morgan fingerprint density at radius 3 is 2.73 bits per heavy atom. The molecule has 0 aliphatic carbocycles. The zero-order chi connectivity index (χ0) is 29.0. The molecule has 1 saturated heterocycles. The van der Waals surface area contributed by atoms with Gasteiger partial charge >= 0.3 is 0 Å². The second-order valence-corrected chi connectivity index (χ2v) is 12.5. The number of aromatic nitrogens is 3. The van der Waals surface area contributed by atoms with Gasteiger partial charge in [0.15, 0.2) is 9.84 Å². The van der Waals surface area contributed by atoms with Crippen molar-refractivity contribution in [1.82, 2.24) is 20.3 Å². The Hall–Kier alpha value is -3.67. The van der Waals surface area contributed by atoms with Crippen molar-refractivity contribution >= 4 is 26.6 Å². The number of nitrogens with one attached hydrogen (secondary N) is 2. The number of aryl methyl sites for hydroxylation is 1. The van der Waals surface area contributed by atoms with Crippen molar-refractivity contribution in [2.24, 2.45) is 0 Å². The Bertz CT molecular complexity index is 1640. The molecule has 1 aliphatic heterocycles. The number of hydrogen-bond acceptors (Lipinski definition) is 9. The van der Waals surface area contributed by atoms with Crippen LogP contribution in [0.1, 0.15) is 30.9 Å². The van der Waals surface area contributed by atoms with Crippen molar-refractivity contribution in [3.63, 3.8) is 0 Å². The molecule has 41 heavy (non-hydrogen) atoms. The number of benzene rings is 2. The highest BCUT2D eigenvalue weighted by Gasteiger charge is 2.23. The third-order valence-electron chi connectivity index (χ3n) is 7.19. The summed E-state index contributed by atoms with van der Waals surface area (Å²) in [6.07, 6.45) is 4.95. The summed E-state index contributed by atoms with van der Waals surface area (Å²) < 4.78 is 52.3. The van der Waals surface area contributed by atoms with Gasteiger partial charge < -0.3 is 20.1 Å². The van der Waals surface area contributed by atoms with Crippen molar-refractivity contribution in [2.45, 2.75) is 44.6 Å². The fourth-order valence-corrected chi connectivity index (χ4v) is 6.71. The summed E-state index contributed by atoms with van der Waals surface area (Å²) in [7, 11) is -2.19. The number of methoxy groups -OCH3 is 1. The normalized spacial score (nSPS) is 16.4. The van der Waals surface area contributed by atoms with Crippen LogP contribution in [0.15, 0.2) is 54.9 Å². The van der Waals surface area contributed by atoms with Crippen LogP contribution < -0.4 is 15.4 Å². The summed E-state index contributed by atoms with van der Waals surface area (Å²) >= 11 is 0. The molecule has 9 nitrogen and oxygen atoms in total. The van der Waals surface area contributed by atoms with E-state index in [2.05, 4.69) is 20.6 Å². The molecule has 5 rings (SSSR count). The first-order valence-corrected chi connectivity index (χ1v) is 15.4. The molecule has 2 N–H and O–H groups in total. The maximum atomic E-state index is 15.0. The maximum Gasteiger partial charge on any atom is 0.228 e. The highest BCUT2D eigenvalue weighted by Crippen LogP contribution is 2.38. The molecular weight excluding hydrogens is 545 g/mol. The van der Waals surface area contributed by atoms with E-state index in [0.717, 1.165) is 31.5 Å². The Morgan fingerprint density at radius 1 is 1.12 bits per heavy atom. The van der Waals surface area contributed by atoms with Crippen molar-refractivity contribution in [3.05, 3.63) is 71.8 Å². The number of halogens is 1. The van der Waals surface area contributed by atoms with Gasteiger partial charge in [-0.3, -0.25) is 0 Å². The predicted molar refractivity (Wildman–Crippen MR) is 157 cm³/mol. The zero-order valence-corrected chi connectivity index (χ0v) is 24.2. The average Bonchev–Trinajstić information content (AvgIpc) is 2.96. The summed E-state index contributed by atoms with van der Waals surface area (Å²) in [6, 6.07) is 12.1. The van der Waals surface area contributed by atoms with E-state index in [9.17, 15) is 8.42 Å². The van der Waals surface area contributed by atoms with Gasteiger partial charge in [-0.1, -0.05) is 12.1 Å². The Morgan fingerprint density at radius 2 is 1.95 bits per heavy atom. The lowest BCUT2D eigenvalue weighted by Gasteiger charge is -2.23. The van der Waals surface area contributed by atoms with Crippen LogP contribution in [-0.2, 0) is 20.3 Å². The number of fused-ring (bicyclic) bond motifs is 1. The van der Waals surface area contributed by atoms with E-state index in [1.54, 1.807) is 49.6 Å². The highest BCUT2D eigenvalue weighted by atomic mass is 32.2. The second-order valence-electron chi connectivity index (χ2n) is 10.3. The number of ether oxygens (including phenoxy) is 2. The maximum absolute atomic E-state index is 15.0. The highest BCUT2D eigenvalue weighted by molar-refractivity contribution is 7.90. The molecule has 216 valence electrons. The molecule has 3 heterocycles. The molecule has 2 aromatic heterocycles. The zero-order valence-electron chi connectivity index (χ0n) is 23.4. The second kappa shape index (κ2) is 12.5. The van der Waals surface area contributed by atoms with Gasteiger partial charge in [0.2, 0.25) is 11.8 Å². The van der Waals surface area contributed by atoms with Crippen LogP contribution in [0, 0.1) is 12.7 Å². The molecule has 2 atom stereocenters. The van der Waals surface area contributed by atoms with E-state index in [0.29, 0.717) is 39.6 Å². The number of anilines is 1. The predicted octanol–water partition coefficient (Wildman–Crippen LogP) is 5.05. The summed E-state index contributed by atoms with van der Waals surface area (Å²) in [4.78, 5) is 13.6. The average molecular weight is 580 g/mol. The summed E-state index contributed by atoms with van der Waals surface area (Å²) in [5.41, 5.74) is 2.19. The lowest BCUT2D eigenvalue weighted by molar-refractivity contribution is 0.136. The summed E-state index contributed by atoms with van der Waals surface area (Å²) in [5, 5.41) is 7.83. The quantitative estimate of drug-likeness (QED) is 0.266. The third kappa shape index (κ3) is 6.80. The molecule has 0 radical (unpaired) electrons. The molecule has 0 unspecified atom stereocenters. The number of nitrogens with zero attached hydrogens (tertiary/aromatic N) is 3. The molecule has 1 aliphatic rings. The van der Waals surface area contributed by atoms with E-state index >= 15 is 4.39 Å². The number of sulfone groups is 1. The first-order valence-electron chi connectivity index (χ1n) is 13.6. The van der Waals surface area contributed by atoms with Crippen LogP contribution >= 0.6 is 0 Å². The molecule has 0 spiro atoms. The minimum Gasteiger partial charge on any atom is -0.437 e. The molecule has 4 aromatic rings. The fraction of sp³-hybridized carbons (Fsp3) is 0.367. The van der Waals surface area contributed by atoms with Crippen LogP contribution in [0.3, 0.4) is 0 Å². The Kier molecular flexibility index (Phi) is 8.77. The summed E-state index contributed by atoms with van der Waals surface area (Å²) in [5.74, 6) is 0.0597. The number of hydrogen-bond donors (Lipinski definition) is 2. The largest absolute Gasteiger partial charge is 0.437 e. The molecule has 1 fully saturated rings. The topological polar surface area (TPSA) is 115 Å². The summed E-state index contributed by atoms with van der Waals surface area (Å²) in [6.45, 7) is 5.41. The van der Waals surface area contributed by atoms with Crippen LogP contribution in [0.2, 0.25) is 0 Å². The molecule has 2 aromatic carbocycles. The minimum absolute atomic E-state index is 0.0978. The van der Waals surface area contributed by atoms with E-state index < -0.39 is 27.5 Å². The first kappa shape index (κ1) is 28.8. The number of pyridine rings is 1. The van der Waals surface area contributed by atoms with Crippen molar-refractivity contribution in [1.29, 1.82) is 0 Å². The van der Waals surface area contributed by atoms with Crippen LogP contribution in [-0.4, -0.2) is 61.5 Å². The van der Waals surface area contributed by atoms with Crippen LogP contribution in [0.5, 0.6) is 11.6 Å². The van der Waals surface area contributed by atoms with Crippen molar-refractivity contribution in [3.8, 4) is 22.9 Å². The minimum atomic E-state index is -3.64. The first-order chi connectivity index (χ1) is 19.7. The number of rotatable bonds is 10. The molecule has 0 bridgehead atoms. The smallest absolute Gasteiger partial charge is 0.228 e. The van der Waals surface area contributed by atoms with E-state index in [1.807, 2.05) is 13.0 Å². The van der Waals surface area contributed by atoms with Crippen molar-refractivity contribution < 1.29 is 22.3 Å². The SMILES string of the molecule is CO[C@@H](C)CS(=O)(=O)Cc1c(F)ccc2c(Oc3ncccc3-c3ccnc(N[C@H]4CCCNC4)n3)c(C)ccc12. The van der Waals surface area contributed by atoms with E-state index in [4.69, 9.17) is 14.5 Å². The molecular formula is C30H34FN5O4S. The Labute approximate surface area is 239 Å². The molecule has 0 saturated carbocycles. The van der Waals surface area contributed by atoms with Gasteiger partial charge in [-0.05, 0) is 74.5 Å². The van der Waals surface area contributed by atoms with Gasteiger partial charge in [-0.25, -0.2) is 27.8 Å². The molecule has 0 amide bonds. The van der Waals surface area contributed by atoms with Crippen LogP contribution in [0.25, 0.3) is 22.0 Å². The van der Waals surface area contributed by atoms with Gasteiger partial charge in [0.1, 0.15) is 11.6 Å². The third-order valence-corrected chi connectivity index (χ3v) is 8.90. The van der Waals surface area contributed by atoms with Gasteiger partial charge in [0.05, 0.1) is 28.9 Å². The van der Waals surface area contributed by atoms with Crippen molar-refractivity contribution in [2.75, 3.05) is 31.3 Å². The number of piperidine rings is 1. The van der Waals surface area contributed by atoms with Crippen LogP contribution in [0.4, 0.5) is 10.3 Å². The van der Waals surface area contributed by atoms with Gasteiger partial charge in [-0.2, -0.15) is 0 Å². The Balaban J connectivity index is 1.49. The standard InChI is InChI=1S/C30H34FN5O4S/c1-19-8-9-22-23(10-11-26(31)25(22)18-41(37,38)17-20(2)39-3)28(19)40-29-24(7-5-14-33-29)27-12-15-34-30(36-27)35-21-6-4-13-32-16-21/h5,7-12,14-15,20-21,32H,4,6,13,16-18H2,1-3H3,(H,34,35,36)/t20-,21-/m0/s1. The van der Waals surface area contributed by atoms with Gasteiger partial charge in [0, 0.05) is 43.0 Å². The molecule has 11 heteroatoms. The van der Waals surface area contributed by atoms with E-state index in [-0.39, 0.29) is 17.4 Å². The van der Waals surface area contributed by atoms with Gasteiger partial charge in [0.25, 0.3) is 0 Å². The van der Waals surface area contributed by atoms with Gasteiger partial charge in [-0.15, -0.1) is 0 Å².